The van der Waals surface area contributed by atoms with Crippen molar-refractivity contribution in [2.45, 2.75) is 46.1 Å². The number of unbranched alkanes of at least 4 members (excludes halogenated alkanes) is 1. The van der Waals surface area contributed by atoms with Gasteiger partial charge in [0.25, 0.3) is 0 Å². The van der Waals surface area contributed by atoms with Crippen molar-refractivity contribution in [1.82, 2.24) is 14.5 Å². The number of hydrogen-bond acceptors (Lipinski definition) is 3. The molecule has 0 aliphatic heterocycles. The van der Waals surface area contributed by atoms with Gasteiger partial charge in [0.15, 0.2) is 0 Å². The molecule has 0 aliphatic carbocycles. The van der Waals surface area contributed by atoms with Gasteiger partial charge >= 0.3 is 0 Å². The summed E-state index contributed by atoms with van der Waals surface area (Å²) in [6.45, 7) is 7.42. The van der Waals surface area contributed by atoms with E-state index < -0.39 is 0 Å². The minimum atomic E-state index is 0.365. The molecule has 19 heavy (non-hydrogen) atoms. The number of nitrogens with two attached hydrogens (primary N) is 1. The third kappa shape index (κ3) is 2.78. The van der Waals surface area contributed by atoms with E-state index in [0.29, 0.717) is 5.92 Å². The maximum absolute atomic E-state index is 6.29. The van der Waals surface area contributed by atoms with Crippen molar-refractivity contribution in [3.05, 3.63) is 30.4 Å². The molecule has 0 atom stereocenters. The SMILES string of the molecule is CCCCn1c(C(C)C)nc(-c2cccnc2)c1N. The second kappa shape index (κ2) is 5.87. The molecule has 2 rings (SSSR count). The van der Waals surface area contributed by atoms with Crippen LogP contribution < -0.4 is 5.73 Å². The summed E-state index contributed by atoms with van der Waals surface area (Å²) in [5, 5.41) is 0. The van der Waals surface area contributed by atoms with E-state index in [1.54, 1.807) is 6.20 Å². The van der Waals surface area contributed by atoms with Crippen LogP contribution in [-0.4, -0.2) is 14.5 Å². The Morgan fingerprint density at radius 1 is 1.37 bits per heavy atom. The third-order valence-corrected chi connectivity index (χ3v) is 3.22. The first-order valence-corrected chi connectivity index (χ1v) is 6.91. The van der Waals surface area contributed by atoms with Gasteiger partial charge in [0.2, 0.25) is 0 Å². The van der Waals surface area contributed by atoms with Crippen molar-refractivity contribution in [2.75, 3.05) is 5.73 Å². The van der Waals surface area contributed by atoms with E-state index in [1.807, 2.05) is 18.3 Å². The van der Waals surface area contributed by atoms with Crippen molar-refractivity contribution in [3.63, 3.8) is 0 Å². The first-order chi connectivity index (χ1) is 9.15. The fraction of sp³-hybridized carbons (Fsp3) is 0.467. The van der Waals surface area contributed by atoms with Crippen molar-refractivity contribution in [1.29, 1.82) is 0 Å². The number of pyridine rings is 1. The van der Waals surface area contributed by atoms with Gasteiger partial charge in [-0.05, 0) is 18.6 Å². The molecule has 0 aromatic carbocycles. The molecule has 0 saturated carbocycles. The Balaban J connectivity index is 2.46. The van der Waals surface area contributed by atoms with E-state index in [4.69, 9.17) is 10.7 Å². The van der Waals surface area contributed by atoms with Crippen LogP contribution >= 0.6 is 0 Å². The number of aromatic nitrogens is 3. The highest BCUT2D eigenvalue weighted by molar-refractivity contribution is 5.70. The highest BCUT2D eigenvalue weighted by Gasteiger charge is 2.17. The van der Waals surface area contributed by atoms with Crippen molar-refractivity contribution >= 4 is 5.82 Å². The molecule has 4 heteroatoms. The summed E-state index contributed by atoms with van der Waals surface area (Å²) >= 11 is 0. The summed E-state index contributed by atoms with van der Waals surface area (Å²) in [6.07, 6.45) is 5.84. The van der Waals surface area contributed by atoms with Crippen molar-refractivity contribution in [2.24, 2.45) is 0 Å². The highest BCUT2D eigenvalue weighted by Crippen LogP contribution is 2.29. The molecule has 0 unspecified atom stereocenters. The standard InChI is InChI=1S/C15H22N4/c1-4-5-9-19-14(16)13(18-15(19)11(2)3)12-7-6-8-17-10-12/h6-8,10-11H,4-5,9,16H2,1-3H3. The predicted molar refractivity (Wildman–Crippen MR) is 78.9 cm³/mol. The number of nitrogen functional groups attached to an aromatic ring is 1. The Hall–Kier alpha value is -1.84. The zero-order valence-corrected chi connectivity index (χ0v) is 11.9. The molecule has 0 radical (unpaired) electrons. The van der Waals surface area contributed by atoms with Gasteiger partial charge in [-0.2, -0.15) is 0 Å². The van der Waals surface area contributed by atoms with Gasteiger partial charge in [0.05, 0.1) is 0 Å². The summed E-state index contributed by atoms with van der Waals surface area (Å²) < 4.78 is 2.15. The number of nitrogens with zero attached hydrogens (tertiary/aromatic N) is 3. The monoisotopic (exact) mass is 258 g/mol. The average molecular weight is 258 g/mol. The van der Waals surface area contributed by atoms with E-state index in [9.17, 15) is 0 Å². The number of anilines is 1. The predicted octanol–water partition coefficient (Wildman–Crippen LogP) is 3.45. The molecule has 2 N–H and O–H groups in total. The molecule has 0 fully saturated rings. The Bertz CT molecular complexity index is 529. The molecule has 4 nitrogen and oxygen atoms in total. The number of imidazole rings is 1. The lowest BCUT2D eigenvalue weighted by Crippen LogP contribution is -2.08. The molecule has 2 heterocycles. The number of rotatable bonds is 5. The largest absolute Gasteiger partial charge is 0.383 e. The van der Waals surface area contributed by atoms with Crippen LogP contribution in [0.15, 0.2) is 24.5 Å². The maximum Gasteiger partial charge on any atom is 0.131 e. The Kier molecular flexibility index (Phi) is 4.20. The van der Waals surface area contributed by atoms with Crippen LogP contribution in [0.4, 0.5) is 5.82 Å². The van der Waals surface area contributed by atoms with Gasteiger partial charge in [0, 0.05) is 30.4 Å². The van der Waals surface area contributed by atoms with E-state index in [1.165, 1.54) is 0 Å². The fourth-order valence-electron chi connectivity index (χ4n) is 2.19. The lowest BCUT2D eigenvalue weighted by Gasteiger charge is -2.11. The van der Waals surface area contributed by atoms with Gasteiger partial charge in [0.1, 0.15) is 17.3 Å². The molecule has 102 valence electrons. The van der Waals surface area contributed by atoms with E-state index in [2.05, 4.69) is 30.3 Å². The second-order valence-electron chi connectivity index (χ2n) is 5.11. The summed E-state index contributed by atoms with van der Waals surface area (Å²) in [5.74, 6) is 2.18. The summed E-state index contributed by atoms with van der Waals surface area (Å²) in [7, 11) is 0. The van der Waals surface area contributed by atoms with Crippen molar-refractivity contribution < 1.29 is 0 Å². The van der Waals surface area contributed by atoms with E-state index in [0.717, 1.165) is 42.3 Å². The number of hydrogen-bond donors (Lipinski definition) is 1. The minimum Gasteiger partial charge on any atom is -0.383 e. The van der Waals surface area contributed by atoms with Crippen LogP contribution in [0.1, 0.15) is 45.4 Å². The molecule has 0 bridgehead atoms. The van der Waals surface area contributed by atoms with Gasteiger partial charge in [-0.3, -0.25) is 4.98 Å². The highest BCUT2D eigenvalue weighted by atomic mass is 15.1. The normalized spacial score (nSPS) is 11.2. The van der Waals surface area contributed by atoms with Crippen LogP contribution in [0.25, 0.3) is 11.3 Å². The topological polar surface area (TPSA) is 56.7 Å². The first-order valence-electron chi connectivity index (χ1n) is 6.91. The Morgan fingerprint density at radius 2 is 2.16 bits per heavy atom. The zero-order chi connectivity index (χ0) is 13.8. The summed E-state index contributed by atoms with van der Waals surface area (Å²) in [4.78, 5) is 8.87. The van der Waals surface area contributed by atoms with Crippen LogP contribution in [-0.2, 0) is 6.54 Å². The molecule has 0 saturated heterocycles. The van der Waals surface area contributed by atoms with Gasteiger partial charge < -0.3 is 10.3 Å². The molecule has 2 aromatic rings. The molecule has 0 spiro atoms. The van der Waals surface area contributed by atoms with Crippen LogP contribution in [0.2, 0.25) is 0 Å². The molecule has 2 aromatic heterocycles. The summed E-state index contributed by atoms with van der Waals surface area (Å²) in [5.41, 5.74) is 8.13. The molecular weight excluding hydrogens is 236 g/mol. The molecule has 0 amide bonds. The quantitative estimate of drug-likeness (QED) is 0.893. The van der Waals surface area contributed by atoms with Gasteiger partial charge in [-0.25, -0.2) is 4.98 Å². The van der Waals surface area contributed by atoms with Crippen molar-refractivity contribution in [3.8, 4) is 11.3 Å². The second-order valence-corrected chi connectivity index (χ2v) is 5.11. The smallest absolute Gasteiger partial charge is 0.131 e. The molecule has 0 aliphatic rings. The Labute approximate surface area is 114 Å². The van der Waals surface area contributed by atoms with Crippen LogP contribution in [0.5, 0.6) is 0 Å². The lowest BCUT2D eigenvalue weighted by atomic mass is 10.2. The summed E-state index contributed by atoms with van der Waals surface area (Å²) in [6, 6.07) is 3.91. The lowest BCUT2D eigenvalue weighted by molar-refractivity contribution is 0.588. The molecular formula is C15H22N4. The van der Waals surface area contributed by atoms with E-state index in [-0.39, 0.29) is 0 Å². The minimum absolute atomic E-state index is 0.365. The zero-order valence-electron chi connectivity index (χ0n) is 11.9. The fourth-order valence-corrected chi connectivity index (χ4v) is 2.19. The van der Waals surface area contributed by atoms with Gasteiger partial charge in [-0.15, -0.1) is 0 Å². The average Bonchev–Trinajstić information content (AvgIpc) is 2.75. The Morgan fingerprint density at radius 3 is 2.74 bits per heavy atom. The van der Waals surface area contributed by atoms with E-state index >= 15 is 0 Å². The van der Waals surface area contributed by atoms with Gasteiger partial charge in [-0.1, -0.05) is 27.2 Å². The van der Waals surface area contributed by atoms with Crippen LogP contribution in [0.3, 0.4) is 0 Å². The first kappa shape index (κ1) is 13.6. The maximum atomic E-state index is 6.29. The van der Waals surface area contributed by atoms with Crippen LogP contribution in [0, 0.1) is 0 Å². The third-order valence-electron chi connectivity index (χ3n) is 3.22.